The van der Waals surface area contributed by atoms with Gasteiger partial charge in [0.2, 0.25) is 0 Å². The molecule has 0 heterocycles. The fourth-order valence-corrected chi connectivity index (χ4v) is 1.22. The van der Waals surface area contributed by atoms with E-state index in [1.165, 1.54) is 19.1 Å². The van der Waals surface area contributed by atoms with Crippen LogP contribution >= 0.6 is 0 Å². The molecule has 0 aromatic heterocycles. The Morgan fingerprint density at radius 1 is 1.40 bits per heavy atom. The second kappa shape index (κ2) is 4.50. The van der Waals surface area contributed by atoms with Crippen LogP contribution in [0.2, 0.25) is 0 Å². The van der Waals surface area contributed by atoms with Crippen molar-refractivity contribution < 1.29 is 9.72 Å². The predicted octanol–water partition coefficient (Wildman–Crippen LogP) is 2.59. The number of non-ortho nitro benzene ring substituents is 1. The maximum atomic E-state index is 10.8. The van der Waals surface area contributed by atoms with Crippen molar-refractivity contribution in [1.29, 1.82) is 0 Å². The number of Topliss-reactive ketones (excluding diaryl/α,β-unsaturated/α-hetero) is 1. The van der Waals surface area contributed by atoms with Crippen LogP contribution < -0.4 is 0 Å². The molecule has 0 fully saturated rings. The molecule has 0 aliphatic heterocycles. The van der Waals surface area contributed by atoms with Gasteiger partial charge >= 0.3 is 0 Å². The van der Waals surface area contributed by atoms with Crippen molar-refractivity contribution in [3.8, 4) is 0 Å². The smallest absolute Gasteiger partial charge is 0.269 e. The van der Waals surface area contributed by atoms with Gasteiger partial charge in [0.15, 0.2) is 0 Å². The van der Waals surface area contributed by atoms with Gasteiger partial charge in [0, 0.05) is 18.6 Å². The normalized spacial score (nSPS) is 9.67. The molecule has 4 nitrogen and oxygen atoms in total. The SMILES string of the molecule is C=C(CC(C)=O)c1ccc([N+](=O)[O-])cc1. The minimum Gasteiger partial charge on any atom is -0.300 e. The minimum atomic E-state index is -0.461. The fourth-order valence-electron chi connectivity index (χ4n) is 1.22. The van der Waals surface area contributed by atoms with Crippen LogP contribution in [0.25, 0.3) is 5.57 Å². The molecular formula is C11H11NO3. The molecule has 4 heteroatoms. The summed E-state index contributed by atoms with van der Waals surface area (Å²) in [4.78, 5) is 20.8. The fraction of sp³-hybridized carbons (Fsp3) is 0.182. The van der Waals surface area contributed by atoms with Crippen molar-refractivity contribution in [2.75, 3.05) is 0 Å². The Morgan fingerprint density at radius 2 is 1.93 bits per heavy atom. The molecule has 0 unspecified atom stereocenters. The van der Waals surface area contributed by atoms with E-state index in [1.54, 1.807) is 12.1 Å². The van der Waals surface area contributed by atoms with Crippen LogP contribution in [0.3, 0.4) is 0 Å². The molecule has 0 saturated heterocycles. The monoisotopic (exact) mass is 205 g/mol. The van der Waals surface area contributed by atoms with Crippen LogP contribution in [0, 0.1) is 10.1 Å². The Labute approximate surface area is 87.4 Å². The zero-order valence-corrected chi connectivity index (χ0v) is 8.40. The molecule has 0 amide bonds. The molecule has 0 N–H and O–H groups in total. The molecule has 15 heavy (non-hydrogen) atoms. The summed E-state index contributed by atoms with van der Waals surface area (Å²) in [5, 5.41) is 10.4. The molecule has 0 atom stereocenters. The van der Waals surface area contributed by atoms with Gasteiger partial charge in [-0.3, -0.25) is 14.9 Å². The first-order valence-corrected chi connectivity index (χ1v) is 4.42. The molecular weight excluding hydrogens is 194 g/mol. The Bertz CT molecular complexity index is 406. The summed E-state index contributed by atoms with van der Waals surface area (Å²) in [5.74, 6) is 0.0263. The lowest BCUT2D eigenvalue weighted by atomic mass is 10.0. The van der Waals surface area contributed by atoms with E-state index >= 15 is 0 Å². The first-order valence-electron chi connectivity index (χ1n) is 4.42. The van der Waals surface area contributed by atoms with Gasteiger partial charge in [0.05, 0.1) is 4.92 Å². The van der Waals surface area contributed by atoms with Gasteiger partial charge in [-0.15, -0.1) is 0 Å². The lowest BCUT2D eigenvalue weighted by Crippen LogP contribution is -1.93. The Morgan fingerprint density at radius 3 is 2.33 bits per heavy atom. The number of hydrogen-bond donors (Lipinski definition) is 0. The Hall–Kier alpha value is -1.97. The number of nitro benzene ring substituents is 1. The third-order valence-electron chi connectivity index (χ3n) is 1.95. The predicted molar refractivity (Wildman–Crippen MR) is 57.4 cm³/mol. The summed E-state index contributed by atoms with van der Waals surface area (Å²) >= 11 is 0. The van der Waals surface area contributed by atoms with E-state index in [1.807, 2.05) is 0 Å². The summed E-state index contributed by atoms with van der Waals surface area (Å²) in [5.41, 5.74) is 1.47. The number of benzene rings is 1. The Balaban J connectivity index is 2.84. The quantitative estimate of drug-likeness (QED) is 0.560. The van der Waals surface area contributed by atoms with Crippen molar-refractivity contribution in [3.63, 3.8) is 0 Å². The lowest BCUT2D eigenvalue weighted by molar-refractivity contribution is -0.384. The highest BCUT2D eigenvalue weighted by molar-refractivity contribution is 5.87. The van der Waals surface area contributed by atoms with Gasteiger partial charge in [-0.1, -0.05) is 6.58 Å². The number of nitro groups is 1. The molecule has 0 bridgehead atoms. The lowest BCUT2D eigenvalue weighted by Gasteiger charge is -2.02. The number of carbonyl (C=O) groups is 1. The van der Waals surface area contributed by atoms with E-state index in [0.29, 0.717) is 5.57 Å². The van der Waals surface area contributed by atoms with Crippen LogP contribution in [-0.2, 0) is 4.79 Å². The van der Waals surface area contributed by atoms with E-state index < -0.39 is 4.92 Å². The average molecular weight is 205 g/mol. The van der Waals surface area contributed by atoms with Crippen molar-refractivity contribution in [2.45, 2.75) is 13.3 Å². The number of hydrogen-bond acceptors (Lipinski definition) is 3. The first kappa shape index (κ1) is 11.1. The summed E-state index contributed by atoms with van der Waals surface area (Å²) < 4.78 is 0. The van der Waals surface area contributed by atoms with Crippen molar-refractivity contribution in [1.82, 2.24) is 0 Å². The van der Waals surface area contributed by atoms with Crippen LogP contribution in [0.4, 0.5) is 5.69 Å². The summed E-state index contributed by atoms with van der Waals surface area (Å²) in [6.45, 7) is 5.23. The average Bonchev–Trinajstić information content (AvgIpc) is 2.17. The zero-order chi connectivity index (χ0) is 11.4. The van der Waals surface area contributed by atoms with E-state index in [9.17, 15) is 14.9 Å². The van der Waals surface area contributed by atoms with E-state index in [-0.39, 0.29) is 17.9 Å². The van der Waals surface area contributed by atoms with Crippen molar-refractivity contribution >= 4 is 17.0 Å². The molecule has 0 aliphatic carbocycles. The summed E-state index contributed by atoms with van der Waals surface area (Å²) in [7, 11) is 0. The number of ketones is 1. The second-order valence-electron chi connectivity index (χ2n) is 3.29. The Kier molecular flexibility index (Phi) is 3.33. The maximum Gasteiger partial charge on any atom is 0.269 e. The number of nitrogens with zero attached hydrogens (tertiary/aromatic N) is 1. The standard InChI is InChI=1S/C11H11NO3/c1-8(7-9(2)13)10-3-5-11(6-4-10)12(14)15/h3-6H,1,7H2,2H3. The minimum absolute atomic E-state index is 0.0263. The largest absolute Gasteiger partial charge is 0.300 e. The highest BCUT2D eigenvalue weighted by atomic mass is 16.6. The molecule has 1 aromatic rings. The van der Waals surface area contributed by atoms with Crippen LogP contribution in [0.15, 0.2) is 30.8 Å². The summed E-state index contributed by atoms with van der Waals surface area (Å²) in [6, 6.07) is 6.01. The van der Waals surface area contributed by atoms with Crippen molar-refractivity contribution in [3.05, 3.63) is 46.5 Å². The van der Waals surface area contributed by atoms with E-state index in [2.05, 4.69) is 6.58 Å². The molecule has 1 aromatic carbocycles. The number of allylic oxidation sites excluding steroid dienone is 1. The highest BCUT2D eigenvalue weighted by Crippen LogP contribution is 2.19. The van der Waals surface area contributed by atoms with Gasteiger partial charge in [-0.2, -0.15) is 0 Å². The highest BCUT2D eigenvalue weighted by Gasteiger charge is 2.06. The zero-order valence-electron chi connectivity index (χ0n) is 8.40. The van der Waals surface area contributed by atoms with Gasteiger partial charge in [0.25, 0.3) is 5.69 Å². The molecule has 0 spiro atoms. The summed E-state index contributed by atoms with van der Waals surface area (Å²) in [6.07, 6.45) is 0.276. The molecule has 78 valence electrons. The maximum absolute atomic E-state index is 10.8. The van der Waals surface area contributed by atoms with Crippen LogP contribution in [-0.4, -0.2) is 10.7 Å². The van der Waals surface area contributed by atoms with Gasteiger partial charge in [-0.25, -0.2) is 0 Å². The van der Waals surface area contributed by atoms with E-state index in [0.717, 1.165) is 5.56 Å². The number of carbonyl (C=O) groups excluding carboxylic acids is 1. The molecule has 0 radical (unpaired) electrons. The number of rotatable bonds is 4. The third kappa shape index (κ3) is 3.02. The van der Waals surface area contributed by atoms with Gasteiger partial charge < -0.3 is 0 Å². The molecule has 0 aliphatic rings. The second-order valence-corrected chi connectivity index (χ2v) is 3.29. The van der Waals surface area contributed by atoms with Crippen molar-refractivity contribution in [2.24, 2.45) is 0 Å². The molecule has 0 saturated carbocycles. The third-order valence-corrected chi connectivity index (χ3v) is 1.95. The van der Waals surface area contributed by atoms with Crippen LogP contribution in [0.5, 0.6) is 0 Å². The molecule has 1 rings (SSSR count). The van der Waals surface area contributed by atoms with Gasteiger partial charge in [-0.05, 0) is 30.2 Å². The van der Waals surface area contributed by atoms with Crippen LogP contribution in [0.1, 0.15) is 18.9 Å². The topological polar surface area (TPSA) is 60.2 Å². The van der Waals surface area contributed by atoms with E-state index in [4.69, 9.17) is 0 Å². The van der Waals surface area contributed by atoms with Gasteiger partial charge in [0.1, 0.15) is 5.78 Å². The first-order chi connectivity index (χ1) is 7.00.